The van der Waals surface area contributed by atoms with Crippen molar-refractivity contribution in [3.8, 4) is 0 Å². The average molecular weight is 276 g/mol. The smallest absolute Gasteiger partial charge is 0.328 e. The van der Waals surface area contributed by atoms with E-state index in [1.54, 1.807) is 12.3 Å². The molecule has 1 aromatic heterocycles. The van der Waals surface area contributed by atoms with Gasteiger partial charge in [-0.2, -0.15) is 0 Å². The van der Waals surface area contributed by atoms with Gasteiger partial charge < -0.3 is 10.0 Å². The Labute approximate surface area is 121 Å². The number of nitrogens with zero attached hydrogens (tertiary/aromatic N) is 2. The van der Waals surface area contributed by atoms with Gasteiger partial charge in [-0.1, -0.05) is 26.7 Å². The van der Waals surface area contributed by atoms with Gasteiger partial charge in [-0.25, -0.2) is 9.78 Å². The largest absolute Gasteiger partial charge is 0.478 e. The lowest BCUT2D eigenvalue weighted by molar-refractivity contribution is -0.131. The first kappa shape index (κ1) is 16.2. The molecule has 0 unspecified atom stereocenters. The second-order valence-electron chi connectivity index (χ2n) is 4.84. The van der Waals surface area contributed by atoms with E-state index in [1.165, 1.54) is 12.8 Å². The van der Waals surface area contributed by atoms with Crippen LogP contribution in [0.25, 0.3) is 6.08 Å². The number of pyridine rings is 1. The molecule has 0 spiro atoms. The second kappa shape index (κ2) is 8.35. The summed E-state index contributed by atoms with van der Waals surface area (Å²) in [4.78, 5) is 17.2. The Morgan fingerprint density at radius 2 is 2.05 bits per heavy atom. The molecule has 0 aliphatic rings. The molecule has 0 radical (unpaired) electrons. The molecule has 1 rings (SSSR count). The minimum Gasteiger partial charge on any atom is -0.478 e. The Morgan fingerprint density at radius 3 is 2.50 bits per heavy atom. The minimum absolute atomic E-state index is 0.684. The molecular formula is C16H24N2O2. The Hall–Kier alpha value is -1.84. The fraction of sp³-hybridized carbons (Fsp3) is 0.500. The third-order valence-corrected chi connectivity index (χ3v) is 3.53. The summed E-state index contributed by atoms with van der Waals surface area (Å²) in [6.07, 6.45) is 6.73. The second-order valence-corrected chi connectivity index (χ2v) is 4.84. The fourth-order valence-electron chi connectivity index (χ4n) is 2.09. The van der Waals surface area contributed by atoms with Gasteiger partial charge in [0.1, 0.15) is 5.82 Å². The molecule has 0 atom stereocenters. The third-order valence-electron chi connectivity index (χ3n) is 3.53. The van der Waals surface area contributed by atoms with Crippen molar-refractivity contribution in [1.29, 1.82) is 0 Å². The lowest BCUT2D eigenvalue weighted by atomic mass is 10.0. The van der Waals surface area contributed by atoms with Gasteiger partial charge in [0.2, 0.25) is 0 Å². The molecule has 1 heterocycles. The van der Waals surface area contributed by atoms with Gasteiger partial charge >= 0.3 is 5.97 Å². The van der Waals surface area contributed by atoms with Crippen LogP contribution in [0.1, 0.15) is 39.2 Å². The lowest BCUT2D eigenvalue weighted by Gasteiger charge is -2.26. The molecule has 0 amide bonds. The Kier molecular flexibility index (Phi) is 6.77. The Bertz CT molecular complexity index is 436. The van der Waals surface area contributed by atoms with Gasteiger partial charge in [0.25, 0.3) is 0 Å². The van der Waals surface area contributed by atoms with Gasteiger partial charge in [-0.15, -0.1) is 0 Å². The molecule has 0 aliphatic heterocycles. The first-order chi connectivity index (χ1) is 9.60. The number of hydrogen-bond donors (Lipinski definition) is 1. The summed E-state index contributed by atoms with van der Waals surface area (Å²) in [6.45, 7) is 8.50. The van der Waals surface area contributed by atoms with Crippen LogP contribution in [0.5, 0.6) is 0 Å². The molecule has 0 fully saturated rings. The average Bonchev–Trinajstić information content (AvgIpc) is 2.47. The van der Waals surface area contributed by atoms with E-state index in [9.17, 15) is 4.79 Å². The molecular weight excluding hydrogens is 252 g/mol. The number of rotatable bonds is 8. The summed E-state index contributed by atoms with van der Waals surface area (Å²) < 4.78 is 0. The third kappa shape index (κ3) is 5.03. The van der Waals surface area contributed by atoms with E-state index in [4.69, 9.17) is 5.11 Å². The molecule has 4 heteroatoms. The van der Waals surface area contributed by atoms with Gasteiger partial charge in [0.15, 0.2) is 0 Å². The highest BCUT2D eigenvalue weighted by Gasteiger charge is 2.11. The number of hydrogen-bond acceptors (Lipinski definition) is 3. The van der Waals surface area contributed by atoms with Crippen molar-refractivity contribution in [3.05, 3.63) is 30.0 Å². The molecule has 0 aliphatic carbocycles. The van der Waals surface area contributed by atoms with E-state index >= 15 is 0 Å². The molecule has 0 aromatic carbocycles. The Morgan fingerprint density at radius 1 is 1.35 bits per heavy atom. The molecule has 4 nitrogen and oxygen atoms in total. The number of carboxylic acid groups (broad SMARTS) is 1. The van der Waals surface area contributed by atoms with Crippen molar-refractivity contribution in [2.45, 2.75) is 33.6 Å². The molecule has 110 valence electrons. The monoisotopic (exact) mass is 276 g/mol. The quantitative estimate of drug-likeness (QED) is 0.739. The highest BCUT2D eigenvalue weighted by atomic mass is 16.4. The maximum atomic E-state index is 10.5. The minimum atomic E-state index is -0.946. The van der Waals surface area contributed by atoms with Crippen LogP contribution in [0.3, 0.4) is 0 Å². The van der Waals surface area contributed by atoms with Gasteiger partial charge in [0.05, 0.1) is 0 Å². The molecule has 20 heavy (non-hydrogen) atoms. The first-order valence-corrected chi connectivity index (χ1v) is 7.22. The molecule has 0 saturated carbocycles. The van der Waals surface area contributed by atoms with Crippen molar-refractivity contribution in [2.75, 3.05) is 18.0 Å². The molecule has 1 aromatic rings. The van der Waals surface area contributed by atoms with E-state index in [-0.39, 0.29) is 0 Å². The Balaban J connectivity index is 2.76. The highest BCUT2D eigenvalue weighted by Crippen LogP contribution is 2.17. The predicted molar refractivity (Wildman–Crippen MR) is 82.9 cm³/mol. The maximum absolute atomic E-state index is 10.5. The van der Waals surface area contributed by atoms with Crippen LogP contribution >= 0.6 is 0 Å². The van der Waals surface area contributed by atoms with Crippen LogP contribution in [-0.4, -0.2) is 29.1 Å². The van der Waals surface area contributed by atoms with E-state index in [2.05, 4.69) is 30.7 Å². The van der Waals surface area contributed by atoms with Crippen LogP contribution < -0.4 is 4.90 Å². The number of aromatic nitrogens is 1. The summed E-state index contributed by atoms with van der Waals surface area (Å²) in [5.41, 5.74) is 0.801. The van der Waals surface area contributed by atoms with Crippen LogP contribution in [0, 0.1) is 5.92 Å². The normalized spacial score (nSPS) is 11.2. The van der Waals surface area contributed by atoms with Crippen LogP contribution in [-0.2, 0) is 4.79 Å². The number of anilines is 1. The number of carbonyl (C=O) groups is 1. The van der Waals surface area contributed by atoms with E-state index in [0.717, 1.165) is 30.5 Å². The summed E-state index contributed by atoms with van der Waals surface area (Å²) in [7, 11) is 0. The zero-order valence-corrected chi connectivity index (χ0v) is 12.5. The fourth-order valence-corrected chi connectivity index (χ4v) is 2.09. The topological polar surface area (TPSA) is 53.4 Å². The van der Waals surface area contributed by atoms with Crippen LogP contribution in [0.4, 0.5) is 5.82 Å². The van der Waals surface area contributed by atoms with Crippen molar-refractivity contribution in [1.82, 2.24) is 4.98 Å². The highest BCUT2D eigenvalue weighted by molar-refractivity contribution is 5.85. The standard InChI is InChI=1S/C16H24N2O2/c1-4-13(5-2)12-18(6-3)15-9-7-14(11-17-15)8-10-16(19)20/h7-11,13H,4-6,12H2,1-3H3,(H,19,20)/b10-8+. The van der Waals surface area contributed by atoms with Gasteiger partial charge in [-0.05, 0) is 36.6 Å². The van der Waals surface area contributed by atoms with E-state index in [0.29, 0.717) is 5.92 Å². The van der Waals surface area contributed by atoms with Crippen LogP contribution in [0.2, 0.25) is 0 Å². The van der Waals surface area contributed by atoms with Crippen LogP contribution in [0.15, 0.2) is 24.4 Å². The summed E-state index contributed by atoms with van der Waals surface area (Å²) >= 11 is 0. The van der Waals surface area contributed by atoms with E-state index < -0.39 is 5.97 Å². The summed E-state index contributed by atoms with van der Waals surface area (Å²) in [5, 5.41) is 8.59. The van der Waals surface area contributed by atoms with Gasteiger partial charge in [0, 0.05) is 25.4 Å². The molecule has 0 bridgehead atoms. The molecule has 0 saturated heterocycles. The van der Waals surface area contributed by atoms with Crippen molar-refractivity contribution >= 4 is 17.9 Å². The predicted octanol–water partition coefficient (Wildman–Crippen LogP) is 3.44. The SMILES string of the molecule is CCC(CC)CN(CC)c1ccc(/C=C/C(=O)O)cn1. The zero-order valence-electron chi connectivity index (χ0n) is 12.5. The summed E-state index contributed by atoms with van der Waals surface area (Å²) in [5.74, 6) is 0.688. The van der Waals surface area contributed by atoms with E-state index in [1.807, 2.05) is 12.1 Å². The maximum Gasteiger partial charge on any atom is 0.328 e. The zero-order chi connectivity index (χ0) is 15.0. The van der Waals surface area contributed by atoms with Crippen molar-refractivity contribution in [3.63, 3.8) is 0 Å². The van der Waals surface area contributed by atoms with Crippen molar-refractivity contribution < 1.29 is 9.90 Å². The summed E-state index contributed by atoms with van der Waals surface area (Å²) in [6, 6.07) is 3.85. The number of aliphatic carboxylic acids is 1. The lowest BCUT2D eigenvalue weighted by Crippen LogP contribution is -2.29. The van der Waals surface area contributed by atoms with Gasteiger partial charge in [-0.3, -0.25) is 0 Å². The molecule has 1 N–H and O–H groups in total. The first-order valence-electron chi connectivity index (χ1n) is 7.22. The van der Waals surface area contributed by atoms with Crippen molar-refractivity contribution in [2.24, 2.45) is 5.92 Å². The number of carboxylic acids is 1.